The Morgan fingerprint density at radius 1 is 1.15 bits per heavy atom. The third kappa shape index (κ3) is 3.09. The minimum absolute atomic E-state index is 0.479. The van der Waals surface area contributed by atoms with Gasteiger partial charge in [0.15, 0.2) is 0 Å². The first-order valence-corrected chi connectivity index (χ1v) is 9.10. The van der Waals surface area contributed by atoms with Gasteiger partial charge >= 0.3 is 0 Å². The van der Waals surface area contributed by atoms with E-state index in [2.05, 4.69) is 31.5 Å². The molecule has 1 aromatic heterocycles. The second kappa shape index (κ2) is 5.76. The van der Waals surface area contributed by atoms with Crippen LogP contribution < -0.4 is 5.32 Å². The number of hydrogen-bond acceptors (Lipinski definition) is 3. The maximum absolute atomic E-state index is 4.96. The zero-order chi connectivity index (χ0) is 14.2. The number of nitrogens with one attached hydrogen (secondary N) is 1. The Morgan fingerprint density at radius 3 is 2.50 bits per heavy atom. The fourth-order valence-electron chi connectivity index (χ4n) is 3.79. The van der Waals surface area contributed by atoms with Crippen molar-refractivity contribution >= 4 is 11.3 Å². The molecule has 1 aliphatic carbocycles. The Labute approximate surface area is 127 Å². The average molecular weight is 292 g/mol. The first-order chi connectivity index (χ1) is 9.54. The van der Waals surface area contributed by atoms with Crippen molar-refractivity contribution in [3.8, 4) is 0 Å². The topological polar surface area (TPSA) is 24.9 Å². The molecule has 1 N–H and O–H groups in total. The van der Waals surface area contributed by atoms with Crippen molar-refractivity contribution in [3.63, 3.8) is 0 Å². The number of nitrogens with zero attached hydrogens (tertiary/aromatic N) is 1. The van der Waals surface area contributed by atoms with E-state index in [9.17, 15) is 0 Å². The van der Waals surface area contributed by atoms with Gasteiger partial charge in [0.2, 0.25) is 0 Å². The largest absolute Gasteiger partial charge is 0.309 e. The van der Waals surface area contributed by atoms with Gasteiger partial charge in [-0.15, -0.1) is 11.3 Å². The molecule has 2 fully saturated rings. The lowest BCUT2D eigenvalue weighted by Crippen LogP contribution is -2.25. The van der Waals surface area contributed by atoms with E-state index < -0.39 is 0 Å². The predicted molar refractivity (Wildman–Crippen MR) is 86.2 cm³/mol. The van der Waals surface area contributed by atoms with Crippen LogP contribution in [0, 0.1) is 11.3 Å². The van der Waals surface area contributed by atoms with Crippen LogP contribution in [0.2, 0.25) is 0 Å². The molecule has 1 saturated carbocycles. The van der Waals surface area contributed by atoms with E-state index >= 15 is 0 Å². The molecule has 2 aliphatic rings. The zero-order valence-corrected chi connectivity index (χ0v) is 13.9. The van der Waals surface area contributed by atoms with Crippen LogP contribution in [0.5, 0.6) is 0 Å². The van der Waals surface area contributed by atoms with Gasteiger partial charge in [-0.1, -0.05) is 20.8 Å². The maximum atomic E-state index is 4.96. The molecule has 0 amide bonds. The van der Waals surface area contributed by atoms with Crippen LogP contribution in [0.3, 0.4) is 0 Å². The maximum Gasteiger partial charge on any atom is 0.0959 e. The summed E-state index contributed by atoms with van der Waals surface area (Å²) in [6.45, 7) is 8.34. The van der Waals surface area contributed by atoms with Gasteiger partial charge in [-0.3, -0.25) is 0 Å². The van der Waals surface area contributed by atoms with Crippen molar-refractivity contribution in [2.75, 3.05) is 6.54 Å². The summed E-state index contributed by atoms with van der Waals surface area (Å²) in [4.78, 5) is 4.96. The van der Waals surface area contributed by atoms with Gasteiger partial charge in [-0.2, -0.15) is 0 Å². The lowest BCUT2D eigenvalue weighted by atomic mass is 9.70. The molecule has 3 heteroatoms. The summed E-state index contributed by atoms with van der Waals surface area (Å²) in [5.74, 6) is 1.63. The highest BCUT2D eigenvalue weighted by atomic mass is 32.1. The summed E-state index contributed by atoms with van der Waals surface area (Å²) >= 11 is 1.90. The van der Waals surface area contributed by atoms with E-state index in [0.717, 1.165) is 18.4 Å². The lowest BCUT2D eigenvalue weighted by molar-refractivity contribution is 0.169. The molecule has 1 saturated heterocycles. The highest BCUT2D eigenvalue weighted by molar-refractivity contribution is 7.09. The van der Waals surface area contributed by atoms with Gasteiger partial charge < -0.3 is 5.32 Å². The highest BCUT2D eigenvalue weighted by Gasteiger charge is 2.31. The molecule has 0 spiro atoms. The quantitative estimate of drug-likeness (QED) is 0.839. The second-order valence-corrected chi connectivity index (χ2v) is 8.56. The summed E-state index contributed by atoms with van der Waals surface area (Å²) in [6, 6.07) is 0.533. The third-order valence-corrected chi connectivity index (χ3v) is 6.28. The van der Waals surface area contributed by atoms with Crippen molar-refractivity contribution in [2.45, 2.75) is 71.3 Å². The van der Waals surface area contributed by atoms with Gasteiger partial charge in [-0.05, 0) is 56.4 Å². The smallest absolute Gasteiger partial charge is 0.0959 e. The van der Waals surface area contributed by atoms with E-state index in [1.165, 1.54) is 49.2 Å². The van der Waals surface area contributed by atoms with Gasteiger partial charge in [0.05, 0.1) is 16.7 Å². The van der Waals surface area contributed by atoms with E-state index in [1.807, 2.05) is 11.3 Å². The third-order valence-electron chi connectivity index (χ3n) is 5.26. The van der Waals surface area contributed by atoms with Crippen molar-refractivity contribution < 1.29 is 0 Å². The number of rotatable bonds is 2. The summed E-state index contributed by atoms with van der Waals surface area (Å²) in [5.41, 5.74) is 1.78. The molecule has 112 valence electrons. The van der Waals surface area contributed by atoms with Crippen molar-refractivity contribution in [1.29, 1.82) is 0 Å². The summed E-state index contributed by atoms with van der Waals surface area (Å²) in [6.07, 6.45) is 8.00. The molecule has 1 aliphatic heterocycles. The van der Waals surface area contributed by atoms with Gasteiger partial charge in [0.25, 0.3) is 0 Å². The van der Waals surface area contributed by atoms with Gasteiger partial charge in [0.1, 0.15) is 0 Å². The fraction of sp³-hybridized carbons (Fsp3) is 0.824. The Hall–Kier alpha value is -0.410. The van der Waals surface area contributed by atoms with Crippen molar-refractivity contribution in [2.24, 2.45) is 11.3 Å². The molecule has 3 rings (SSSR count). The van der Waals surface area contributed by atoms with Crippen LogP contribution in [0.4, 0.5) is 0 Å². The highest BCUT2D eigenvalue weighted by Crippen LogP contribution is 2.44. The second-order valence-electron chi connectivity index (χ2n) is 7.67. The molecule has 2 nitrogen and oxygen atoms in total. The predicted octanol–water partition coefficient (Wildman–Crippen LogP) is 4.89. The van der Waals surface area contributed by atoms with Gasteiger partial charge in [-0.25, -0.2) is 4.98 Å². The standard InChI is InChI=1S/C17H28N2S/c1-17(2,3)13-8-6-12(7-9-13)16-19-15(11-20-16)14-5-4-10-18-14/h11-14,18H,4-10H2,1-3H3. The minimum Gasteiger partial charge on any atom is -0.309 e. The Kier molecular flexibility index (Phi) is 4.19. The van der Waals surface area contributed by atoms with Crippen molar-refractivity contribution in [1.82, 2.24) is 10.3 Å². The Balaban J connectivity index is 1.61. The molecular formula is C17H28N2S. The summed E-state index contributed by atoms with van der Waals surface area (Å²) < 4.78 is 0. The van der Waals surface area contributed by atoms with Crippen molar-refractivity contribution in [3.05, 3.63) is 16.1 Å². The van der Waals surface area contributed by atoms with Gasteiger partial charge in [0, 0.05) is 11.3 Å². The van der Waals surface area contributed by atoms with E-state index in [0.29, 0.717) is 11.5 Å². The number of aromatic nitrogens is 1. The average Bonchev–Trinajstić information content (AvgIpc) is 3.09. The monoisotopic (exact) mass is 292 g/mol. The molecule has 1 aromatic rings. The molecule has 1 atom stereocenters. The molecular weight excluding hydrogens is 264 g/mol. The van der Waals surface area contributed by atoms with Crippen LogP contribution in [0.15, 0.2) is 5.38 Å². The van der Waals surface area contributed by atoms with E-state index in [1.54, 1.807) is 0 Å². The molecule has 1 unspecified atom stereocenters. The molecule has 0 radical (unpaired) electrons. The lowest BCUT2D eigenvalue weighted by Gasteiger charge is -2.36. The normalized spacial score (nSPS) is 31.6. The van der Waals surface area contributed by atoms with Crippen LogP contribution >= 0.6 is 11.3 Å². The van der Waals surface area contributed by atoms with Crippen LogP contribution in [-0.2, 0) is 0 Å². The van der Waals surface area contributed by atoms with E-state index in [-0.39, 0.29) is 0 Å². The Morgan fingerprint density at radius 2 is 1.90 bits per heavy atom. The SMILES string of the molecule is CC(C)(C)C1CCC(c2nc(C3CCCN3)cs2)CC1. The molecule has 2 heterocycles. The molecule has 0 bridgehead atoms. The number of thiazole rings is 1. The Bertz CT molecular complexity index is 432. The first-order valence-electron chi connectivity index (χ1n) is 8.23. The molecule has 20 heavy (non-hydrogen) atoms. The summed E-state index contributed by atoms with van der Waals surface area (Å²) in [5, 5.41) is 7.26. The van der Waals surface area contributed by atoms with Crippen LogP contribution in [0.25, 0.3) is 0 Å². The number of hydrogen-bond donors (Lipinski definition) is 1. The first kappa shape index (κ1) is 14.5. The summed E-state index contributed by atoms with van der Waals surface area (Å²) in [7, 11) is 0. The van der Waals surface area contributed by atoms with Crippen LogP contribution in [0.1, 0.15) is 82.0 Å². The molecule has 0 aromatic carbocycles. The van der Waals surface area contributed by atoms with E-state index in [4.69, 9.17) is 4.98 Å². The fourth-order valence-corrected chi connectivity index (χ4v) is 4.84. The zero-order valence-electron chi connectivity index (χ0n) is 13.1. The van der Waals surface area contributed by atoms with Crippen LogP contribution in [-0.4, -0.2) is 11.5 Å². The minimum atomic E-state index is 0.479.